The molecule has 4 heteroatoms. The number of hydrogen-bond acceptors (Lipinski definition) is 2. The third-order valence-electron chi connectivity index (χ3n) is 1.70. The van der Waals surface area contributed by atoms with E-state index in [0.717, 1.165) is 5.56 Å². The first kappa shape index (κ1) is 10.2. The fourth-order valence-electron chi connectivity index (χ4n) is 1.10. The lowest BCUT2D eigenvalue weighted by atomic mass is 10.1. The summed E-state index contributed by atoms with van der Waals surface area (Å²) in [5.41, 5.74) is 1.06. The quantitative estimate of drug-likeness (QED) is 0.735. The molecule has 1 aromatic rings. The molecule has 0 heterocycles. The molecule has 0 aliphatic carbocycles. The molecule has 1 aromatic carbocycles. The molecule has 0 aliphatic heterocycles. The lowest BCUT2D eigenvalue weighted by Gasteiger charge is -1.97. The first-order valence-corrected chi connectivity index (χ1v) is 5.63. The van der Waals surface area contributed by atoms with Crippen LogP contribution >= 0.6 is 0 Å². The molecule has 0 saturated heterocycles. The average molecular weight is 199 g/mol. The monoisotopic (exact) mass is 199 g/mol. The van der Waals surface area contributed by atoms with E-state index in [1.54, 1.807) is 0 Å². The second-order valence-electron chi connectivity index (χ2n) is 2.85. The average Bonchev–Trinajstić information content (AvgIpc) is 2.04. The van der Waals surface area contributed by atoms with Gasteiger partial charge in [-0.25, -0.2) is 0 Å². The minimum Gasteiger partial charge on any atom is -0.197 e. The number of hydrogen-bond donors (Lipinski definition) is 0. The third-order valence-corrected chi connectivity index (χ3v) is 2.49. The Labute approximate surface area is 78.2 Å². The smallest absolute Gasteiger partial charge is 0.197 e. The zero-order valence-electron chi connectivity index (χ0n) is 7.14. The summed E-state index contributed by atoms with van der Waals surface area (Å²) in [7, 11) is -4.04. The number of rotatable bonds is 4. The van der Waals surface area contributed by atoms with Crippen LogP contribution in [0.1, 0.15) is 12.0 Å². The summed E-state index contributed by atoms with van der Waals surface area (Å²) >= 11 is 0. The first-order valence-electron chi connectivity index (χ1n) is 4.05. The molecule has 71 valence electrons. The molecule has 0 unspecified atom stereocenters. The van der Waals surface area contributed by atoms with Gasteiger partial charge in [0.2, 0.25) is 0 Å². The van der Waals surface area contributed by atoms with Crippen LogP contribution in [0.5, 0.6) is 0 Å². The van der Waals surface area contributed by atoms with Crippen LogP contribution in [0.4, 0.5) is 0 Å². The Morgan fingerprint density at radius 2 is 1.69 bits per heavy atom. The fourth-order valence-corrected chi connectivity index (χ4v) is 1.60. The molecule has 0 bridgehead atoms. The summed E-state index contributed by atoms with van der Waals surface area (Å²) in [6, 6.07) is 9.50. The normalized spacial score (nSPS) is 11.5. The van der Waals surface area contributed by atoms with Crippen molar-refractivity contribution in [1.29, 1.82) is 0 Å². The Hall–Kier alpha value is -0.870. The molecule has 13 heavy (non-hydrogen) atoms. The lowest BCUT2D eigenvalue weighted by Crippen LogP contribution is -2.03. The Bertz CT molecular complexity index is 342. The van der Waals surface area contributed by atoms with E-state index in [-0.39, 0.29) is 5.75 Å². The van der Waals surface area contributed by atoms with Crippen molar-refractivity contribution in [1.82, 2.24) is 0 Å². The summed E-state index contributed by atoms with van der Waals surface area (Å²) in [6.45, 7) is 0. The highest BCUT2D eigenvalue weighted by Crippen LogP contribution is 2.03. The zero-order chi connectivity index (χ0) is 9.73. The minimum atomic E-state index is -4.04. The van der Waals surface area contributed by atoms with Crippen molar-refractivity contribution >= 4 is 10.1 Å². The molecular weight excluding hydrogens is 188 g/mol. The molecule has 0 N–H and O–H groups in total. The lowest BCUT2D eigenvalue weighted by molar-refractivity contribution is 0.413. The van der Waals surface area contributed by atoms with Crippen LogP contribution in [0.2, 0.25) is 0 Å². The van der Waals surface area contributed by atoms with Gasteiger partial charge in [-0.05, 0) is 18.4 Å². The van der Waals surface area contributed by atoms with Crippen LogP contribution in [-0.4, -0.2) is 14.2 Å². The maximum Gasteiger partial charge on any atom is 0.294 e. The summed E-state index contributed by atoms with van der Waals surface area (Å²) in [5, 5.41) is 0. The minimum absolute atomic E-state index is 0.276. The zero-order valence-corrected chi connectivity index (χ0v) is 7.96. The predicted octanol–water partition coefficient (Wildman–Crippen LogP) is 1.38. The summed E-state index contributed by atoms with van der Waals surface area (Å²) in [4.78, 5) is 0. The van der Waals surface area contributed by atoms with Crippen LogP contribution in [0, 0.1) is 0 Å². The van der Waals surface area contributed by atoms with E-state index in [0.29, 0.717) is 12.8 Å². The van der Waals surface area contributed by atoms with Gasteiger partial charge in [0.15, 0.2) is 0 Å². The van der Waals surface area contributed by atoms with Crippen molar-refractivity contribution < 1.29 is 13.0 Å². The topological polar surface area (TPSA) is 54.0 Å². The predicted molar refractivity (Wildman–Crippen MR) is 49.2 cm³/mol. The first-order chi connectivity index (χ1) is 6.08. The molecule has 1 rings (SSSR count). The van der Waals surface area contributed by atoms with Crippen molar-refractivity contribution in [3.63, 3.8) is 0 Å². The molecule has 1 radical (unpaired) electrons. The number of benzene rings is 1. The van der Waals surface area contributed by atoms with Gasteiger partial charge in [-0.2, -0.15) is 8.42 Å². The third kappa shape index (κ3) is 4.65. The molecule has 0 spiro atoms. The fraction of sp³-hybridized carbons (Fsp3) is 0.333. The van der Waals surface area contributed by atoms with Gasteiger partial charge in [0.25, 0.3) is 10.1 Å². The van der Waals surface area contributed by atoms with Gasteiger partial charge in [0, 0.05) is 0 Å². The van der Waals surface area contributed by atoms with Crippen LogP contribution in [0.15, 0.2) is 30.3 Å². The molecule has 0 atom stereocenters. The second kappa shape index (κ2) is 4.39. The Morgan fingerprint density at radius 1 is 1.08 bits per heavy atom. The van der Waals surface area contributed by atoms with Crippen molar-refractivity contribution in [3.8, 4) is 0 Å². The van der Waals surface area contributed by atoms with Crippen molar-refractivity contribution in [2.75, 3.05) is 5.75 Å². The summed E-state index contributed by atoms with van der Waals surface area (Å²) in [6.07, 6.45) is 1.04. The van der Waals surface area contributed by atoms with E-state index in [1.165, 1.54) is 0 Å². The van der Waals surface area contributed by atoms with Crippen LogP contribution in [0.3, 0.4) is 0 Å². The molecule has 0 aliphatic rings. The molecular formula is C9H11O3S. The maximum absolute atomic E-state index is 10.3. The van der Waals surface area contributed by atoms with Gasteiger partial charge in [0.1, 0.15) is 0 Å². The SMILES string of the molecule is [O]S(=O)(=O)CCCc1ccccc1. The molecule has 0 amide bonds. The van der Waals surface area contributed by atoms with Gasteiger partial charge in [-0.3, -0.25) is 0 Å². The van der Waals surface area contributed by atoms with Crippen molar-refractivity contribution in [3.05, 3.63) is 35.9 Å². The largest absolute Gasteiger partial charge is 0.294 e. The molecule has 0 fully saturated rings. The van der Waals surface area contributed by atoms with E-state index in [4.69, 9.17) is 0 Å². The van der Waals surface area contributed by atoms with Crippen molar-refractivity contribution in [2.24, 2.45) is 0 Å². The number of aryl methyl sites for hydroxylation is 1. The second-order valence-corrected chi connectivity index (χ2v) is 4.37. The van der Waals surface area contributed by atoms with Gasteiger partial charge < -0.3 is 0 Å². The van der Waals surface area contributed by atoms with Crippen LogP contribution in [0.25, 0.3) is 0 Å². The van der Waals surface area contributed by atoms with Crippen molar-refractivity contribution in [2.45, 2.75) is 12.8 Å². The maximum atomic E-state index is 10.3. The van der Waals surface area contributed by atoms with Gasteiger partial charge in [0.05, 0.1) is 5.75 Å². The van der Waals surface area contributed by atoms with E-state index >= 15 is 0 Å². The molecule has 0 aromatic heterocycles. The Morgan fingerprint density at radius 3 is 2.23 bits per heavy atom. The van der Waals surface area contributed by atoms with Crippen LogP contribution < -0.4 is 0 Å². The highest BCUT2D eigenvalue weighted by molar-refractivity contribution is 7.85. The molecule has 3 nitrogen and oxygen atoms in total. The molecule has 0 saturated carbocycles. The summed E-state index contributed by atoms with van der Waals surface area (Å²) in [5.74, 6) is -0.276. The Balaban J connectivity index is 2.37. The summed E-state index contributed by atoms with van der Waals surface area (Å²) < 4.78 is 30.8. The highest BCUT2D eigenvalue weighted by atomic mass is 32.2. The van der Waals surface area contributed by atoms with E-state index in [9.17, 15) is 13.0 Å². The van der Waals surface area contributed by atoms with Crippen LogP contribution in [-0.2, 0) is 21.1 Å². The van der Waals surface area contributed by atoms with Gasteiger partial charge in [-0.1, -0.05) is 34.9 Å². The highest BCUT2D eigenvalue weighted by Gasteiger charge is 2.05. The standard InChI is InChI=1S/C9H11O3S/c10-13(11,12)8-4-7-9-5-2-1-3-6-9/h1-3,5-6H,4,7-8H2. The van der Waals surface area contributed by atoms with Gasteiger partial charge in [-0.15, -0.1) is 0 Å². The van der Waals surface area contributed by atoms with E-state index in [1.807, 2.05) is 30.3 Å². The van der Waals surface area contributed by atoms with E-state index < -0.39 is 10.1 Å². The van der Waals surface area contributed by atoms with E-state index in [2.05, 4.69) is 0 Å². The van der Waals surface area contributed by atoms with Gasteiger partial charge >= 0.3 is 0 Å². The Kier molecular flexibility index (Phi) is 3.45.